The zero-order valence-electron chi connectivity index (χ0n) is 9.62. The summed E-state index contributed by atoms with van der Waals surface area (Å²) >= 11 is 0. The highest BCUT2D eigenvalue weighted by Gasteiger charge is 2.27. The van der Waals surface area contributed by atoms with Crippen molar-refractivity contribution in [3.63, 3.8) is 0 Å². The van der Waals surface area contributed by atoms with Gasteiger partial charge in [0, 0.05) is 6.08 Å². The molecule has 0 spiro atoms. The topological polar surface area (TPSA) is 38.3 Å². The predicted molar refractivity (Wildman–Crippen MR) is 61.1 cm³/mol. The highest BCUT2D eigenvalue weighted by Crippen LogP contribution is 2.14. The molecular formula is C12H12F3NO2. The van der Waals surface area contributed by atoms with Gasteiger partial charge >= 0.3 is 6.18 Å². The van der Waals surface area contributed by atoms with Gasteiger partial charge in [-0.3, -0.25) is 4.79 Å². The number of nitrogens with one attached hydrogen (secondary N) is 1. The van der Waals surface area contributed by atoms with E-state index in [1.54, 1.807) is 29.6 Å². The number of halogens is 3. The van der Waals surface area contributed by atoms with Crippen LogP contribution in [0.4, 0.5) is 13.2 Å². The van der Waals surface area contributed by atoms with Crippen LogP contribution < -0.4 is 10.1 Å². The first kappa shape index (κ1) is 14.1. The van der Waals surface area contributed by atoms with E-state index in [0.29, 0.717) is 11.3 Å². The molecular weight excluding hydrogens is 247 g/mol. The molecule has 1 N–H and O–H groups in total. The maximum atomic E-state index is 11.8. The number of ether oxygens (including phenoxy) is 1. The van der Waals surface area contributed by atoms with Crippen molar-refractivity contribution in [3.8, 4) is 5.75 Å². The molecule has 0 fully saturated rings. The quantitative estimate of drug-likeness (QED) is 0.843. The van der Waals surface area contributed by atoms with Gasteiger partial charge < -0.3 is 10.1 Å². The molecule has 3 nitrogen and oxygen atoms in total. The first-order chi connectivity index (χ1) is 8.40. The molecule has 0 heterocycles. The molecule has 18 heavy (non-hydrogen) atoms. The average Bonchev–Trinajstić information content (AvgIpc) is 2.33. The molecule has 0 aliphatic heterocycles. The van der Waals surface area contributed by atoms with Crippen LogP contribution in [0.2, 0.25) is 0 Å². The second-order valence-electron chi connectivity index (χ2n) is 3.44. The van der Waals surface area contributed by atoms with Gasteiger partial charge in [0.05, 0.1) is 7.11 Å². The molecule has 6 heteroatoms. The normalized spacial score (nSPS) is 11.6. The van der Waals surface area contributed by atoms with Crippen molar-refractivity contribution in [2.24, 2.45) is 0 Å². The Balaban J connectivity index is 2.55. The largest absolute Gasteiger partial charge is 0.497 e. The Bertz CT molecular complexity index is 441. The van der Waals surface area contributed by atoms with Crippen LogP contribution in [-0.2, 0) is 4.79 Å². The minimum Gasteiger partial charge on any atom is -0.497 e. The molecule has 0 saturated heterocycles. The number of carbonyl (C=O) groups excluding carboxylic acids is 1. The standard InChI is InChI=1S/C12H12F3NO2/c1-18-10-4-2-3-9(7-10)5-6-11(17)16-8-12(13,14)15/h2-7H,8H2,1H3,(H,16,17). The van der Waals surface area contributed by atoms with E-state index in [2.05, 4.69) is 0 Å². The zero-order valence-corrected chi connectivity index (χ0v) is 9.62. The van der Waals surface area contributed by atoms with Crippen molar-refractivity contribution < 1.29 is 22.7 Å². The van der Waals surface area contributed by atoms with E-state index >= 15 is 0 Å². The Morgan fingerprint density at radius 3 is 2.78 bits per heavy atom. The molecule has 0 atom stereocenters. The van der Waals surface area contributed by atoms with E-state index in [9.17, 15) is 18.0 Å². The molecule has 1 aromatic carbocycles. The SMILES string of the molecule is COc1cccc(C=CC(=O)NCC(F)(F)F)c1. The summed E-state index contributed by atoms with van der Waals surface area (Å²) < 4.78 is 40.4. The lowest BCUT2D eigenvalue weighted by Gasteiger charge is -2.05. The molecule has 0 saturated carbocycles. The van der Waals surface area contributed by atoms with Crippen LogP contribution in [-0.4, -0.2) is 25.7 Å². The van der Waals surface area contributed by atoms with Gasteiger partial charge in [0.1, 0.15) is 12.3 Å². The van der Waals surface area contributed by atoms with E-state index < -0.39 is 18.6 Å². The van der Waals surface area contributed by atoms with Crippen molar-refractivity contribution in [1.82, 2.24) is 5.32 Å². The number of hydrogen-bond acceptors (Lipinski definition) is 2. The smallest absolute Gasteiger partial charge is 0.405 e. The van der Waals surface area contributed by atoms with Crippen molar-refractivity contribution in [1.29, 1.82) is 0 Å². The van der Waals surface area contributed by atoms with Crippen LogP contribution in [0, 0.1) is 0 Å². The van der Waals surface area contributed by atoms with Crippen molar-refractivity contribution >= 4 is 12.0 Å². The van der Waals surface area contributed by atoms with Gasteiger partial charge in [-0.25, -0.2) is 0 Å². The van der Waals surface area contributed by atoms with Gasteiger partial charge in [-0.15, -0.1) is 0 Å². The number of methoxy groups -OCH3 is 1. The van der Waals surface area contributed by atoms with Gasteiger partial charge in [0.2, 0.25) is 5.91 Å². The highest BCUT2D eigenvalue weighted by atomic mass is 19.4. The lowest BCUT2D eigenvalue weighted by Crippen LogP contribution is -2.32. The molecule has 0 aromatic heterocycles. The second kappa shape index (κ2) is 6.09. The van der Waals surface area contributed by atoms with Gasteiger partial charge in [-0.2, -0.15) is 13.2 Å². The summed E-state index contributed by atoms with van der Waals surface area (Å²) in [6.07, 6.45) is -1.95. The predicted octanol–water partition coefficient (Wildman–Crippen LogP) is 2.39. The van der Waals surface area contributed by atoms with Crippen LogP contribution in [0.3, 0.4) is 0 Å². The minimum atomic E-state index is -4.40. The first-order valence-electron chi connectivity index (χ1n) is 5.07. The summed E-state index contributed by atoms with van der Waals surface area (Å²) in [4.78, 5) is 11.1. The van der Waals surface area contributed by atoms with E-state index in [1.165, 1.54) is 13.2 Å². The summed E-state index contributed by atoms with van der Waals surface area (Å²) in [5, 5.41) is 1.74. The molecule has 0 bridgehead atoms. The average molecular weight is 259 g/mol. The third kappa shape index (κ3) is 5.38. The third-order valence-corrected chi connectivity index (χ3v) is 1.98. The van der Waals surface area contributed by atoms with E-state index in [1.807, 2.05) is 0 Å². The van der Waals surface area contributed by atoms with Crippen molar-refractivity contribution in [2.75, 3.05) is 13.7 Å². The summed E-state index contributed by atoms with van der Waals surface area (Å²) in [7, 11) is 1.50. The number of carbonyl (C=O) groups is 1. The van der Waals surface area contributed by atoms with Crippen LogP contribution in [0.25, 0.3) is 6.08 Å². The van der Waals surface area contributed by atoms with Crippen molar-refractivity contribution in [3.05, 3.63) is 35.9 Å². The minimum absolute atomic E-state index is 0.604. The number of hydrogen-bond donors (Lipinski definition) is 1. The number of benzene rings is 1. The first-order valence-corrected chi connectivity index (χ1v) is 5.07. The molecule has 1 rings (SSSR count). The van der Waals surface area contributed by atoms with Crippen molar-refractivity contribution in [2.45, 2.75) is 6.18 Å². The van der Waals surface area contributed by atoms with E-state index in [0.717, 1.165) is 6.08 Å². The molecule has 0 unspecified atom stereocenters. The molecule has 0 aliphatic carbocycles. The van der Waals surface area contributed by atoms with Crippen LogP contribution in [0.1, 0.15) is 5.56 Å². The Kier molecular flexibility index (Phi) is 4.76. The molecule has 98 valence electrons. The maximum Gasteiger partial charge on any atom is 0.405 e. The fourth-order valence-corrected chi connectivity index (χ4v) is 1.16. The summed E-state index contributed by atoms with van der Waals surface area (Å²) in [6, 6.07) is 6.80. The Hall–Kier alpha value is -1.98. The summed E-state index contributed by atoms with van der Waals surface area (Å²) in [5.74, 6) is -0.192. The Labute approximate surface area is 102 Å². The number of amides is 1. The van der Waals surface area contributed by atoms with Crippen LogP contribution in [0.15, 0.2) is 30.3 Å². The lowest BCUT2D eigenvalue weighted by atomic mass is 10.2. The second-order valence-corrected chi connectivity index (χ2v) is 3.44. The molecule has 0 aliphatic rings. The van der Waals surface area contributed by atoms with Gasteiger partial charge in [-0.1, -0.05) is 12.1 Å². The maximum absolute atomic E-state index is 11.8. The molecule has 1 aromatic rings. The monoisotopic (exact) mass is 259 g/mol. The third-order valence-electron chi connectivity index (χ3n) is 1.98. The van der Waals surface area contributed by atoms with E-state index in [4.69, 9.17) is 4.74 Å². The fourth-order valence-electron chi connectivity index (χ4n) is 1.16. The lowest BCUT2D eigenvalue weighted by molar-refractivity contribution is -0.135. The van der Waals surface area contributed by atoms with Crippen LogP contribution >= 0.6 is 0 Å². The summed E-state index contributed by atoms with van der Waals surface area (Å²) in [5.41, 5.74) is 0.663. The van der Waals surface area contributed by atoms with E-state index in [-0.39, 0.29) is 0 Å². The van der Waals surface area contributed by atoms with Gasteiger partial charge in [-0.05, 0) is 23.8 Å². The van der Waals surface area contributed by atoms with Crippen LogP contribution in [0.5, 0.6) is 5.75 Å². The zero-order chi connectivity index (χ0) is 13.6. The number of alkyl halides is 3. The fraction of sp³-hybridized carbons (Fsp3) is 0.250. The Morgan fingerprint density at radius 1 is 1.44 bits per heavy atom. The Morgan fingerprint density at radius 2 is 2.17 bits per heavy atom. The summed E-state index contributed by atoms with van der Waals surface area (Å²) in [6.45, 7) is -1.34. The van der Waals surface area contributed by atoms with Gasteiger partial charge in [0.25, 0.3) is 0 Å². The van der Waals surface area contributed by atoms with Gasteiger partial charge in [0.15, 0.2) is 0 Å². The molecule has 0 radical (unpaired) electrons. The highest BCUT2D eigenvalue weighted by molar-refractivity contribution is 5.91. The number of rotatable bonds is 4. The molecule has 1 amide bonds.